The Labute approximate surface area is 131 Å². The van der Waals surface area contributed by atoms with E-state index in [1.165, 1.54) is 15.4 Å². The number of hydrogen-bond donors (Lipinski definition) is 1. The zero-order chi connectivity index (χ0) is 15.7. The number of fused-ring (bicyclic) bond motifs is 1. The lowest BCUT2D eigenvalue weighted by atomic mass is 9.83. The van der Waals surface area contributed by atoms with Gasteiger partial charge >= 0.3 is 0 Å². The van der Waals surface area contributed by atoms with E-state index in [2.05, 4.69) is 12.1 Å². The second-order valence-electron chi connectivity index (χ2n) is 5.98. The Bertz CT molecular complexity index is 666. The molecule has 1 amide bonds. The number of nitrogens with two attached hydrogens (primary N) is 1. The zero-order valence-corrected chi connectivity index (χ0v) is 13.3. The normalized spacial score (nSPS) is 23.1. The van der Waals surface area contributed by atoms with Gasteiger partial charge in [0.25, 0.3) is 10.2 Å². The van der Waals surface area contributed by atoms with Crippen LogP contribution in [0.2, 0.25) is 0 Å². The lowest BCUT2D eigenvalue weighted by molar-refractivity contribution is -0.137. The molecule has 0 spiro atoms. The van der Waals surface area contributed by atoms with Gasteiger partial charge in [-0.15, -0.1) is 0 Å². The van der Waals surface area contributed by atoms with Gasteiger partial charge in [0, 0.05) is 32.1 Å². The highest BCUT2D eigenvalue weighted by atomic mass is 32.2. The van der Waals surface area contributed by atoms with Crippen molar-refractivity contribution in [3.63, 3.8) is 0 Å². The molecule has 0 bridgehead atoms. The second-order valence-corrected chi connectivity index (χ2v) is 7.52. The Morgan fingerprint density at radius 3 is 2.36 bits per heavy atom. The van der Waals surface area contributed by atoms with Crippen LogP contribution in [0.5, 0.6) is 0 Å². The molecule has 0 saturated carbocycles. The van der Waals surface area contributed by atoms with Crippen molar-refractivity contribution in [2.24, 2.45) is 11.1 Å². The number of hydrogen-bond acceptors (Lipinski definition) is 3. The standard InChI is InChI=1S/C15H21N3O3S/c16-22(20,21)18-9-7-17(8-10-18)15(19)14-6-5-12-3-1-2-4-13(12)11-14/h1-4,14H,5-11H2,(H2,16,20,21)/t14-/m1/s1. The monoisotopic (exact) mass is 323 g/mol. The van der Waals surface area contributed by atoms with Crippen molar-refractivity contribution < 1.29 is 13.2 Å². The van der Waals surface area contributed by atoms with Crippen molar-refractivity contribution in [3.05, 3.63) is 35.4 Å². The molecular formula is C15H21N3O3S. The van der Waals surface area contributed by atoms with Crippen molar-refractivity contribution in [1.82, 2.24) is 9.21 Å². The Kier molecular flexibility index (Phi) is 4.20. The lowest BCUT2D eigenvalue weighted by Gasteiger charge is -2.36. The van der Waals surface area contributed by atoms with Gasteiger partial charge < -0.3 is 4.90 Å². The number of rotatable bonds is 2. The lowest BCUT2D eigenvalue weighted by Crippen LogP contribution is -2.53. The number of carbonyl (C=O) groups excluding carboxylic acids is 1. The predicted molar refractivity (Wildman–Crippen MR) is 83.2 cm³/mol. The molecule has 1 aliphatic carbocycles. The van der Waals surface area contributed by atoms with Gasteiger partial charge in [0.05, 0.1) is 0 Å². The molecule has 1 aliphatic heterocycles. The molecule has 120 valence electrons. The summed E-state index contributed by atoms with van der Waals surface area (Å²) in [5.41, 5.74) is 2.60. The van der Waals surface area contributed by atoms with E-state index in [-0.39, 0.29) is 24.9 Å². The molecular weight excluding hydrogens is 302 g/mol. The smallest absolute Gasteiger partial charge is 0.277 e. The molecule has 1 aromatic rings. The summed E-state index contributed by atoms with van der Waals surface area (Å²) in [6.45, 7) is 1.42. The second kappa shape index (κ2) is 5.98. The van der Waals surface area contributed by atoms with E-state index < -0.39 is 10.2 Å². The Morgan fingerprint density at radius 2 is 1.73 bits per heavy atom. The SMILES string of the molecule is NS(=O)(=O)N1CCN(C(=O)[C@@H]2CCc3ccccc3C2)CC1. The molecule has 1 saturated heterocycles. The highest BCUT2D eigenvalue weighted by Crippen LogP contribution is 2.27. The van der Waals surface area contributed by atoms with Crippen molar-refractivity contribution in [3.8, 4) is 0 Å². The van der Waals surface area contributed by atoms with Crippen LogP contribution in [0.1, 0.15) is 17.5 Å². The van der Waals surface area contributed by atoms with Crippen molar-refractivity contribution in [1.29, 1.82) is 0 Å². The minimum absolute atomic E-state index is 0.0101. The minimum atomic E-state index is -3.64. The summed E-state index contributed by atoms with van der Waals surface area (Å²) in [5.74, 6) is 0.152. The maximum Gasteiger partial charge on any atom is 0.277 e. The van der Waals surface area contributed by atoms with E-state index in [0.717, 1.165) is 19.3 Å². The molecule has 1 fully saturated rings. The Balaban J connectivity index is 1.62. The molecule has 0 unspecified atom stereocenters. The van der Waals surface area contributed by atoms with Gasteiger partial charge in [0.1, 0.15) is 0 Å². The first-order valence-electron chi connectivity index (χ1n) is 7.58. The van der Waals surface area contributed by atoms with Crippen LogP contribution in [0.4, 0.5) is 0 Å². The fraction of sp³-hybridized carbons (Fsp3) is 0.533. The summed E-state index contributed by atoms with van der Waals surface area (Å²) >= 11 is 0. The summed E-state index contributed by atoms with van der Waals surface area (Å²) in [4.78, 5) is 14.4. The highest BCUT2D eigenvalue weighted by molar-refractivity contribution is 7.86. The van der Waals surface area contributed by atoms with E-state index in [4.69, 9.17) is 5.14 Å². The molecule has 1 aromatic carbocycles. The fourth-order valence-corrected chi connectivity index (χ4v) is 4.00. The Hall–Kier alpha value is -1.44. The molecule has 22 heavy (non-hydrogen) atoms. The third-order valence-corrected chi connectivity index (χ3v) is 5.69. The number of aryl methyl sites for hydroxylation is 1. The highest BCUT2D eigenvalue weighted by Gasteiger charge is 2.32. The van der Waals surface area contributed by atoms with Crippen LogP contribution in [-0.4, -0.2) is 49.7 Å². The van der Waals surface area contributed by atoms with Crippen molar-refractivity contribution in [2.45, 2.75) is 19.3 Å². The fourth-order valence-electron chi connectivity index (χ4n) is 3.33. The largest absolute Gasteiger partial charge is 0.340 e. The number of piperazine rings is 1. The van der Waals surface area contributed by atoms with Crippen LogP contribution in [0, 0.1) is 5.92 Å². The zero-order valence-electron chi connectivity index (χ0n) is 12.4. The summed E-state index contributed by atoms with van der Waals surface area (Å²) in [6, 6.07) is 8.26. The van der Waals surface area contributed by atoms with Gasteiger partial charge in [-0.3, -0.25) is 4.79 Å². The maximum absolute atomic E-state index is 12.6. The first kappa shape index (κ1) is 15.5. The topological polar surface area (TPSA) is 83.7 Å². The van der Waals surface area contributed by atoms with Gasteiger partial charge in [-0.25, -0.2) is 5.14 Å². The van der Waals surface area contributed by atoms with Gasteiger partial charge in [-0.1, -0.05) is 24.3 Å². The molecule has 0 aromatic heterocycles. The van der Waals surface area contributed by atoms with Crippen molar-refractivity contribution >= 4 is 16.1 Å². The van der Waals surface area contributed by atoms with Crippen LogP contribution in [0.3, 0.4) is 0 Å². The van der Waals surface area contributed by atoms with Gasteiger partial charge in [0.2, 0.25) is 5.91 Å². The average molecular weight is 323 g/mol. The molecule has 6 nitrogen and oxygen atoms in total. The van der Waals surface area contributed by atoms with E-state index in [9.17, 15) is 13.2 Å². The van der Waals surface area contributed by atoms with Gasteiger partial charge in [0.15, 0.2) is 0 Å². The third-order valence-electron chi connectivity index (χ3n) is 4.61. The van der Waals surface area contributed by atoms with E-state index in [0.29, 0.717) is 13.1 Å². The van der Waals surface area contributed by atoms with Crippen molar-refractivity contribution in [2.75, 3.05) is 26.2 Å². The minimum Gasteiger partial charge on any atom is -0.340 e. The predicted octanol–water partition coefficient (Wildman–Crippen LogP) is 0.139. The van der Waals surface area contributed by atoms with Crippen LogP contribution < -0.4 is 5.14 Å². The Morgan fingerprint density at radius 1 is 1.09 bits per heavy atom. The quantitative estimate of drug-likeness (QED) is 0.840. The molecule has 7 heteroatoms. The molecule has 2 N–H and O–H groups in total. The summed E-state index contributed by atoms with van der Waals surface area (Å²) in [5, 5.41) is 5.12. The number of carbonyl (C=O) groups is 1. The van der Waals surface area contributed by atoms with E-state index >= 15 is 0 Å². The third kappa shape index (κ3) is 3.16. The summed E-state index contributed by atoms with van der Waals surface area (Å²) < 4.78 is 23.8. The first-order chi connectivity index (χ1) is 10.4. The van der Waals surface area contributed by atoms with Crippen LogP contribution in [0.15, 0.2) is 24.3 Å². The van der Waals surface area contributed by atoms with Crippen LogP contribution in [-0.2, 0) is 27.8 Å². The summed E-state index contributed by atoms with van der Waals surface area (Å²) in [7, 11) is -3.64. The average Bonchev–Trinajstić information content (AvgIpc) is 2.53. The number of amides is 1. The van der Waals surface area contributed by atoms with Crippen LogP contribution in [0.25, 0.3) is 0 Å². The molecule has 3 rings (SSSR count). The summed E-state index contributed by atoms with van der Waals surface area (Å²) in [6.07, 6.45) is 2.58. The van der Waals surface area contributed by atoms with E-state index in [1.54, 1.807) is 4.90 Å². The van der Waals surface area contributed by atoms with Crippen LogP contribution >= 0.6 is 0 Å². The number of nitrogens with zero attached hydrogens (tertiary/aromatic N) is 2. The maximum atomic E-state index is 12.6. The molecule has 1 atom stereocenters. The van der Waals surface area contributed by atoms with Gasteiger partial charge in [-0.2, -0.15) is 12.7 Å². The first-order valence-corrected chi connectivity index (χ1v) is 9.09. The molecule has 0 radical (unpaired) electrons. The molecule has 2 aliphatic rings. The number of benzene rings is 1. The molecule has 1 heterocycles. The van der Waals surface area contributed by atoms with E-state index in [1.807, 2.05) is 12.1 Å². The van der Waals surface area contributed by atoms with Gasteiger partial charge in [-0.05, 0) is 30.4 Å².